The van der Waals surface area contributed by atoms with E-state index in [1.807, 2.05) is 5.38 Å². The van der Waals surface area contributed by atoms with Crippen LogP contribution in [0.3, 0.4) is 0 Å². The molecular formula is C14H19N5OS. The summed E-state index contributed by atoms with van der Waals surface area (Å²) in [7, 11) is 0. The average Bonchev–Trinajstić information content (AvgIpc) is 3.20. The first-order valence-electron chi connectivity index (χ1n) is 7.40. The van der Waals surface area contributed by atoms with Gasteiger partial charge in [0.05, 0.1) is 12.1 Å². The van der Waals surface area contributed by atoms with E-state index in [4.69, 9.17) is 0 Å². The first kappa shape index (κ1) is 14.2. The van der Waals surface area contributed by atoms with Crippen LogP contribution in [0, 0.1) is 0 Å². The van der Waals surface area contributed by atoms with Crippen LogP contribution in [0.15, 0.2) is 17.8 Å². The van der Waals surface area contributed by atoms with E-state index in [2.05, 4.69) is 26.9 Å². The lowest BCUT2D eigenvalue weighted by Gasteiger charge is -2.19. The Labute approximate surface area is 127 Å². The third-order valence-corrected chi connectivity index (χ3v) is 5.00. The summed E-state index contributed by atoms with van der Waals surface area (Å²) in [4.78, 5) is 13.5. The summed E-state index contributed by atoms with van der Waals surface area (Å²) in [6, 6.07) is 2.06. The molecule has 0 radical (unpaired) electrons. The van der Waals surface area contributed by atoms with Gasteiger partial charge in [-0.15, -0.1) is 16.4 Å². The maximum Gasteiger partial charge on any atom is 0.252 e. The van der Waals surface area contributed by atoms with Crippen molar-refractivity contribution in [1.82, 2.24) is 25.5 Å². The highest BCUT2D eigenvalue weighted by Crippen LogP contribution is 2.35. The Hall–Kier alpha value is -1.76. The number of amides is 1. The van der Waals surface area contributed by atoms with E-state index in [0.29, 0.717) is 19.0 Å². The molecule has 0 saturated heterocycles. The predicted octanol–water partition coefficient (Wildman–Crippen LogP) is 2.21. The molecule has 3 rings (SSSR count). The Morgan fingerprint density at radius 1 is 1.38 bits per heavy atom. The van der Waals surface area contributed by atoms with Crippen molar-refractivity contribution in [3.8, 4) is 0 Å². The van der Waals surface area contributed by atoms with Crippen molar-refractivity contribution in [2.45, 2.75) is 44.6 Å². The van der Waals surface area contributed by atoms with Gasteiger partial charge in [-0.3, -0.25) is 4.79 Å². The molecular weight excluding hydrogens is 286 g/mol. The zero-order valence-corrected chi connectivity index (χ0v) is 12.7. The minimum absolute atomic E-state index is 0.0126. The Kier molecular flexibility index (Phi) is 4.59. The molecule has 1 amide bonds. The molecule has 2 heterocycles. The molecule has 0 spiro atoms. The van der Waals surface area contributed by atoms with Gasteiger partial charge in [0.2, 0.25) is 0 Å². The fourth-order valence-corrected chi connectivity index (χ4v) is 3.80. The minimum Gasteiger partial charge on any atom is -0.350 e. The Bertz CT molecular complexity index is 574. The molecule has 2 aromatic rings. The van der Waals surface area contributed by atoms with E-state index in [0.717, 1.165) is 5.56 Å². The molecule has 6 nitrogen and oxygen atoms in total. The molecule has 0 atom stereocenters. The van der Waals surface area contributed by atoms with E-state index >= 15 is 0 Å². The van der Waals surface area contributed by atoms with Gasteiger partial charge in [0.1, 0.15) is 6.33 Å². The first-order chi connectivity index (χ1) is 10.3. The molecule has 0 aromatic carbocycles. The standard InChI is InChI=1S/C14H19N5OS/c20-14(15-6-7-19-10-16-17-18-19)12-8-13(21-9-12)11-4-2-1-3-5-11/h8-11H,1-7H2,(H,15,20). The van der Waals surface area contributed by atoms with E-state index in [-0.39, 0.29) is 5.91 Å². The lowest BCUT2D eigenvalue weighted by molar-refractivity contribution is 0.0952. The maximum absolute atomic E-state index is 12.1. The molecule has 1 saturated carbocycles. The fraction of sp³-hybridized carbons (Fsp3) is 0.571. The number of tetrazole rings is 1. The van der Waals surface area contributed by atoms with E-state index in [1.54, 1.807) is 16.0 Å². The average molecular weight is 305 g/mol. The molecule has 1 N–H and O–H groups in total. The molecule has 7 heteroatoms. The van der Waals surface area contributed by atoms with Crippen molar-refractivity contribution >= 4 is 17.2 Å². The second-order valence-corrected chi connectivity index (χ2v) is 6.34. The van der Waals surface area contributed by atoms with Crippen molar-refractivity contribution < 1.29 is 4.79 Å². The molecule has 1 aliphatic carbocycles. The van der Waals surface area contributed by atoms with E-state index in [9.17, 15) is 4.79 Å². The Morgan fingerprint density at radius 3 is 3.00 bits per heavy atom. The van der Waals surface area contributed by atoms with Crippen LogP contribution < -0.4 is 5.32 Å². The highest BCUT2D eigenvalue weighted by molar-refractivity contribution is 7.10. The summed E-state index contributed by atoms with van der Waals surface area (Å²) in [6.07, 6.45) is 8.05. The number of nitrogens with one attached hydrogen (secondary N) is 1. The molecule has 0 bridgehead atoms. The number of hydrogen-bond acceptors (Lipinski definition) is 5. The third-order valence-electron chi connectivity index (χ3n) is 3.91. The SMILES string of the molecule is O=C(NCCn1cnnn1)c1csc(C2CCCCC2)c1. The van der Waals surface area contributed by atoms with Gasteiger partial charge in [0.15, 0.2) is 0 Å². The number of rotatable bonds is 5. The first-order valence-corrected chi connectivity index (χ1v) is 8.28. The van der Waals surface area contributed by atoms with Crippen LogP contribution in [0.2, 0.25) is 0 Å². The molecule has 0 unspecified atom stereocenters. The van der Waals surface area contributed by atoms with Gasteiger partial charge in [-0.2, -0.15) is 0 Å². The smallest absolute Gasteiger partial charge is 0.252 e. The molecule has 2 aromatic heterocycles. The van der Waals surface area contributed by atoms with E-state index < -0.39 is 0 Å². The van der Waals surface area contributed by atoms with E-state index in [1.165, 1.54) is 43.3 Å². The van der Waals surface area contributed by atoms with Crippen LogP contribution in [-0.2, 0) is 6.54 Å². The molecule has 1 fully saturated rings. The number of thiophene rings is 1. The number of carbonyl (C=O) groups excluding carboxylic acids is 1. The third kappa shape index (κ3) is 3.66. The second-order valence-electron chi connectivity index (χ2n) is 5.40. The zero-order chi connectivity index (χ0) is 14.5. The Morgan fingerprint density at radius 2 is 2.24 bits per heavy atom. The Balaban J connectivity index is 1.51. The van der Waals surface area contributed by atoms with Crippen LogP contribution in [0.25, 0.3) is 0 Å². The quantitative estimate of drug-likeness (QED) is 0.919. The number of aromatic nitrogens is 4. The number of nitrogens with zero attached hydrogens (tertiary/aromatic N) is 4. The lowest BCUT2D eigenvalue weighted by atomic mass is 9.88. The van der Waals surface area contributed by atoms with Gasteiger partial charge in [-0.1, -0.05) is 19.3 Å². The van der Waals surface area contributed by atoms with Crippen molar-refractivity contribution in [1.29, 1.82) is 0 Å². The summed E-state index contributed by atoms with van der Waals surface area (Å²) in [5.41, 5.74) is 0.775. The highest BCUT2D eigenvalue weighted by Gasteiger charge is 2.18. The molecule has 112 valence electrons. The maximum atomic E-state index is 12.1. The summed E-state index contributed by atoms with van der Waals surface area (Å²) < 4.78 is 1.60. The van der Waals surface area contributed by atoms with Gasteiger partial charge in [-0.05, 0) is 35.3 Å². The van der Waals surface area contributed by atoms with Crippen molar-refractivity contribution in [2.24, 2.45) is 0 Å². The summed E-state index contributed by atoms with van der Waals surface area (Å²) in [6.45, 7) is 1.11. The van der Waals surface area contributed by atoms with Crippen molar-refractivity contribution in [2.75, 3.05) is 6.54 Å². The van der Waals surface area contributed by atoms with Crippen molar-refractivity contribution in [3.63, 3.8) is 0 Å². The summed E-state index contributed by atoms with van der Waals surface area (Å²) in [5.74, 6) is 0.646. The molecule has 1 aliphatic rings. The predicted molar refractivity (Wildman–Crippen MR) is 80.3 cm³/mol. The largest absolute Gasteiger partial charge is 0.350 e. The minimum atomic E-state index is -0.0126. The normalized spacial score (nSPS) is 16.0. The summed E-state index contributed by atoms with van der Waals surface area (Å²) >= 11 is 1.72. The lowest BCUT2D eigenvalue weighted by Crippen LogP contribution is -2.27. The van der Waals surface area contributed by atoms with Gasteiger partial charge < -0.3 is 5.32 Å². The van der Waals surface area contributed by atoms with Crippen LogP contribution in [0.4, 0.5) is 0 Å². The number of carbonyl (C=O) groups is 1. The zero-order valence-electron chi connectivity index (χ0n) is 11.9. The van der Waals surface area contributed by atoms with Gasteiger partial charge in [-0.25, -0.2) is 4.68 Å². The topological polar surface area (TPSA) is 72.7 Å². The van der Waals surface area contributed by atoms with Crippen LogP contribution in [-0.4, -0.2) is 32.7 Å². The summed E-state index contributed by atoms with van der Waals surface area (Å²) in [5, 5.41) is 15.7. The van der Waals surface area contributed by atoms with Crippen LogP contribution in [0.1, 0.15) is 53.3 Å². The van der Waals surface area contributed by atoms with Crippen molar-refractivity contribution in [3.05, 3.63) is 28.2 Å². The van der Waals surface area contributed by atoms with Gasteiger partial charge >= 0.3 is 0 Å². The van der Waals surface area contributed by atoms with Crippen LogP contribution in [0.5, 0.6) is 0 Å². The molecule has 21 heavy (non-hydrogen) atoms. The monoisotopic (exact) mass is 305 g/mol. The van der Waals surface area contributed by atoms with Gasteiger partial charge in [0, 0.05) is 16.8 Å². The molecule has 0 aliphatic heterocycles. The van der Waals surface area contributed by atoms with Gasteiger partial charge in [0.25, 0.3) is 5.91 Å². The van der Waals surface area contributed by atoms with Crippen LogP contribution >= 0.6 is 11.3 Å². The highest BCUT2D eigenvalue weighted by atomic mass is 32.1. The number of hydrogen-bond donors (Lipinski definition) is 1. The second kappa shape index (κ2) is 6.80. The fourth-order valence-electron chi connectivity index (χ4n) is 2.74.